The number of nitrogens with one attached hydrogen (secondary N) is 1. The maximum absolute atomic E-state index is 12.3. The van der Waals surface area contributed by atoms with E-state index in [2.05, 4.69) is 16.8 Å². The van der Waals surface area contributed by atoms with Gasteiger partial charge in [-0.25, -0.2) is 4.98 Å². The van der Waals surface area contributed by atoms with Crippen molar-refractivity contribution in [2.24, 2.45) is 0 Å². The summed E-state index contributed by atoms with van der Waals surface area (Å²) >= 11 is 1.53. The van der Waals surface area contributed by atoms with Gasteiger partial charge in [0, 0.05) is 18.3 Å². The van der Waals surface area contributed by atoms with E-state index in [1.807, 2.05) is 25.1 Å². The molecular weight excluding hydrogens is 362 g/mol. The van der Waals surface area contributed by atoms with Crippen LogP contribution >= 0.6 is 11.8 Å². The second kappa shape index (κ2) is 7.84. The van der Waals surface area contributed by atoms with Crippen molar-refractivity contribution in [3.8, 4) is 11.5 Å². The number of carbonyl (C=O) groups excluding carboxylic acids is 1. The molecule has 0 spiro atoms. The van der Waals surface area contributed by atoms with Gasteiger partial charge in [0.2, 0.25) is 12.7 Å². The first kappa shape index (κ1) is 18.2. The van der Waals surface area contributed by atoms with Gasteiger partial charge in [-0.2, -0.15) is 0 Å². The number of carbonyl (C=O) groups is 1. The number of nitrogens with zero attached hydrogens (tertiary/aromatic N) is 2. The van der Waals surface area contributed by atoms with E-state index in [9.17, 15) is 4.79 Å². The Balaban J connectivity index is 1.33. The van der Waals surface area contributed by atoms with Crippen LogP contribution in [0, 0.1) is 13.8 Å². The minimum absolute atomic E-state index is 0.00828. The normalized spacial score (nSPS) is 16.1. The third-order valence-corrected chi connectivity index (χ3v) is 6.26. The van der Waals surface area contributed by atoms with E-state index in [1.165, 1.54) is 43.1 Å². The third kappa shape index (κ3) is 3.93. The molecule has 0 radical (unpaired) electrons. The van der Waals surface area contributed by atoms with Crippen LogP contribution in [0.2, 0.25) is 0 Å². The topological polar surface area (TPSA) is 65.4 Å². The Hall–Kier alpha value is -2.15. The lowest BCUT2D eigenvalue weighted by Gasteiger charge is -2.16. The molecule has 0 saturated heterocycles. The standard InChI is InChI=1S/C20H25N3O3S/c1-13-14(2)23(16-5-3-4-6-16)20(22-13)27-11-19(24)21-10-15-7-8-17-18(9-15)26-12-25-17/h7-9,16H,3-6,10-12H2,1-2H3,(H,21,24). The highest BCUT2D eigenvalue weighted by Gasteiger charge is 2.23. The van der Waals surface area contributed by atoms with E-state index in [0.717, 1.165) is 27.9 Å². The molecule has 0 atom stereocenters. The molecule has 4 rings (SSSR count). The fourth-order valence-electron chi connectivity index (χ4n) is 3.72. The zero-order chi connectivity index (χ0) is 18.8. The lowest BCUT2D eigenvalue weighted by Crippen LogP contribution is -2.24. The van der Waals surface area contributed by atoms with Crippen LogP contribution in [0.5, 0.6) is 11.5 Å². The summed E-state index contributed by atoms with van der Waals surface area (Å²) in [5.41, 5.74) is 3.28. The quantitative estimate of drug-likeness (QED) is 0.765. The van der Waals surface area contributed by atoms with Crippen LogP contribution in [-0.4, -0.2) is 28.0 Å². The van der Waals surface area contributed by atoms with E-state index in [-0.39, 0.29) is 12.7 Å². The molecule has 1 amide bonds. The number of rotatable bonds is 6. The molecule has 0 bridgehead atoms. The van der Waals surface area contributed by atoms with Crippen LogP contribution in [0.25, 0.3) is 0 Å². The molecule has 1 aromatic carbocycles. The smallest absolute Gasteiger partial charge is 0.231 e. The Bertz CT molecular complexity index is 843. The first-order valence-electron chi connectivity index (χ1n) is 9.45. The van der Waals surface area contributed by atoms with Crippen LogP contribution in [0.3, 0.4) is 0 Å². The summed E-state index contributed by atoms with van der Waals surface area (Å²) in [4.78, 5) is 17.0. The minimum atomic E-state index is 0.00828. The molecule has 2 heterocycles. The molecule has 7 heteroatoms. The summed E-state index contributed by atoms with van der Waals surface area (Å²) in [5.74, 6) is 1.87. The van der Waals surface area contributed by atoms with Crippen LogP contribution in [0.1, 0.15) is 48.7 Å². The van der Waals surface area contributed by atoms with Gasteiger partial charge >= 0.3 is 0 Å². The van der Waals surface area contributed by atoms with Crippen molar-refractivity contribution in [1.82, 2.24) is 14.9 Å². The first-order chi connectivity index (χ1) is 13.1. The highest BCUT2D eigenvalue weighted by atomic mass is 32.2. The zero-order valence-electron chi connectivity index (χ0n) is 15.8. The molecule has 1 saturated carbocycles. The number of benzene rings is 1. The largest absolute Gasteiger partial charge is 0.454 e. The molecule has 1 aliphatic carbocycles. The average molecular weight is 388 g/mol. The molecule has 6 nitrogen and oxygen atoms in total. The van der Waals surface area contributed by atoms with Gasteiger partial charge in [0.1, 0.15) is 0 Å². The Morgan fingerprint density at radius 3 is 2.85 bits per heavy atom. The van der Waals surface area contributed by atoms with Gasteiger partial charge < -0.3 is 19.4 Å². The van der Waals surface area contributed by atoms with Crippen molar-refractivity contribution in [3.63, 3.8) is 0 Å². The van der Waals surface area contributed by atoms with E-state index in [1.54, 1.807) is 0 Å². The Labute approximate surface area is 163 Å². The summed E-state index contributed by atoms with van der Waals surface area (Å²) in [7, 11) is 0. The molecular formula is C20H25N3O3S. The summed E-state index contributed by atoms with van der Waals surface area (Å²) in [5, 5.41) is 3.95. The van der Waals surface area contributed by atoms with E-state index < -0.39 is 0 Å². The number of thioether (sulfide) groups is 1. The van der Waals surface area contributed by atoms with Gasteiger partial charge in [0.15, 0.2) is 16.7 Å². The van der Waals surface area contributed by atoms with E-state index in [4.69, 9.17) is 14.5 Å². The van der Waals surface area contributed by atoms with Crippen molar-refractivity contribution in [1.29, 1.82) is 0 Å². The molecule has 1 N–H and O–H groups in total. The highest BCUT2D eigenvalue weighted by Crippen LogP contribution is 2.35. The summed E-state index contributed by atoms with van der Waals surface area (Å²) < 4.78 is 13.0. The number of fused-ring (bicyclic) bond motifs is 1. The van der Waals surface area contributed by atoms with Crippen LogP contribution < -0.4 is 14.8 Å². The average Bonchev–Trinajstić information content (AvgIpc) is 3.39. The number of aromatic nitrogens is 2. The molecule has 1 aliphatic heterocycles. The Kier molecular flexibility index (Phi) is 5.29. The van der Waals surface area contributed by atoms with Crippen molar-refractivity contribution in [3.05, 3.63) is 35.2 Å². The summed E-state index contributed by atoms with van der Waals surface area (Å²) in [6.07, 6.45) is 4.98. The number of amides is 1. The molecule has 144 valence electrons. The molecule has 27 heavy (non-hydrogen) atoms. The van der Waals surface area contributed by atoms with Crippen LogP contribution in [0.15, 0.2) is 23.4 Å². The van der Waals surface area contributed by atoms with Crippen molar-refractivity contribution in [2.45, 2.75) is 57.3 Å². The van der Waals surface area contributed by atoms with Gasteiger partial charge in [-0.15, -0.1) is 0 Å². The van der Waals surface area contributed by atoms with Gasteiger partial charge in [0.05, 0.1) is 11.4 Å². The van der Waals surface area contributed by atoms with Gasteiger partial charge in [-0.1, -0.05) is 30.7 Å². The second-order valence-corrected chi connectivity index (χ2v) is 8.07. The molecule has 1 fully saturated rings. The fraction of sp³-hybridized carbons (Fsp3) is 0.500. The van der Waals surface area contributed by atoms with Crippen LogP contribution in [0.4, 0.5) is 0 Å². The molecule has 2 aliphatic rings. The minimum Gasteiger partial charge on any atom is -0.454 e. The summed E-state index contributed by atoms with van der Waals surface area (Å²) in [6, 6.07) is 6.27. The molecule has 2 aromatic rings. The first-order valence-corrected chi connectivity index (χ1v) is 10.4. The van der Waals surface area contributed by atoms with Gasteiger partial charge in [-0.05, 0) is 44.4 Å². The highest BCUT2D eigenvalue weighted by molar-refractivity contribution is 7.99. The van der Waals surface area contributed by atoms with Crippen molar-refractivity contribution < 1.29 is 14.3 Å². The second-order valence-electron chi connectivity index (χ2n) is 7.13. The number of ether oxygens (including phenoxy) is 2. The maximum atomic E-state index is 12.3. The third-order valence-electron chi connectivity index (χ3n) is 5.30. The fourth-order valence-corrected chi connectivity index (χ4v) is 4.71. The Morgan fingerprint density at radius 1 is 1.26 bits per heavy atom. The Morgan fingerprint density at radius 2 is 2.04 bits per heavy atom. The number of aryl methyl sites for hydroxylation is 1. The number of hydrogen-bond donors (Lipinski definition) is 1. The van der Waals surface area contributed by atoms with Crippen LogP contribution in [-0.2, 0) is 11.3 Å². The predicted octanol–water partition coefficient (Wildman–Crippen LogP) is 3.75. The molecule has 0 unspecified atom stereocenters. The monoisotopic (exact) mass is 387 g/mol. The lowest BCUT2D eigenvalue weighted by atomic mass is 10.2. The molecule has 1 aromatic heterocycles. The lowest BCUT2D eigenvalue weighted by molar-refractivity contribution is -0.118. The van der Waals surface area contributed by atoms with Crippen molar-refractivity contribution in [2.75, 3.05) is 12.5 Å². The number of imidazole rings is 1. The predicted molar refractivity (Wildman–Crippen MR) is 104 cm³/mol. The van der Waals surface area contributed by atoms with Gasteiger partial charge in [-0.3, -0.25) is 4.79 Å². The number of hydrogen-bond acceptors (Lipinski definition) is 5. The maximum Gasteiger partial charge on any atom is 0.231 e. The van der Waals surface area contributed by atoms with Gasteiger partial charge in [0.25, 0.3) is 0 Å². The zero-order valence-corrected chi connectivity index (χ0v) is 16.6. The summed E-state index contributed by atoms with van der Waals surface area (Å²) in [6.45, 7) is 4.91. The van der Waals surface area contributed by atoms with E-state index in [0.29, 0.717) is 18.3 Å². The van der Waals surface area contributed by atoms with Crippen molar-refractivity contribution >= 4 is 17.7 Å². The SMILES string of the molecule is Cc1nc(SCC(=O)NCc2ccc3c(c2)OCO3)n(C2CCCC2)c1C. The van der Waals surface area contributed by atoms with E-state index >= 15 is 0 Å².